The molecule has 0 radical (unpaired) electrons. The molecular formula is C13H10ClFN2O2. The molecule has 2 rings (SSSR count). The smallest absolute Gasteiger partial charge is 0.257 e. The Bertz CT molecular complexity index is 626. The van der Waals surface area contributed by atoms with Gasteiger partial charge in [0.05, 0.1) is 5.56 Å². The number of carbonyl (C=O) groups excluding carboxylic acids is 1. The highest BCUT2D eigenvalue weighted by atomic mass is 35.5. The Kier molecular flexibility index (Phi) is 3.57. The first-order valence-electron chi connectivity index (χ1n) is 5.31. The molecule has 0 bridgehead atoms. The largest absolute Gasteiger partial charge is 0.508 e. The summed E-state index contributed by atoms with van der Waals surface area (Å²) in [5, 5.41) is 11.9. The van der Waals surface area contributed by atoms with E-state index in [2.05, 4.69) is 5.32 Å². The van der Waals surface area contributed by atoms with Gasteiger partial charge < -0.3 is 16.2 Å². The molecule has 0 aliphatic carbocycles. The lowest BCUT2D eigenvalue weighted by Gasteiger charge is -2.08. The van der Waals surface area contributed by atoms with E-state index >= 15 is 0 Å². The molecule has 0 unspecified atom stereocenters. The maximum absolute atomic E-state index is 13.1. The van der Waals surface area contributed by atoms with Crippen LogP contribution in [0.1, 0.15) is 10.4 Å². The number of aromatic hydroxyl groups is 1. The fourth-order valence-electron chi connectivity index (χ4n) is 1.57. The van der Waals surface area contributed by atoms with Crippen LogP contribution in [0.2, 0.25) is 5.02 Å². The summed E-state index contributed by atoms with van der Waals surface area (Å²) in [6, 6.07) is 7.66. The summed E-state index contributed by atoms with van der Waals surface area (Å²) in [5.41, 5.74) is 6.14. The first-order chi connectivity index (χ1) is 8.95. The van der Waals surface area contributed by atoms with Gasteiger partial charge in [-0.25, -0.2) is 4.39 Å². The molecule has 4 nitrogen and oxygen atoms in total. The number of phenols is 1. The van der Waals surface area contributed by atoms with Gasteiger partial charge in [0.15, 0.2) is 0 Å². The highest BCUT2D eigenvalue weighted by Crippen LogP contribution is 2.22. The molecule has 0 heterocycles. The number of hydrogen-bond acceptors (Lipinski definition) is 3. The van der Waals surface area contributed by atoms with E-state index < -0.39 is 11.7 Å². The molecule has 0 spiro atoms. The normalized spacial score (nSPS) is 10.2. The summed E-state index contributed by atoms with van der Waals surface area (Å²) in [4.78, 5) is 11.9. The van der Waals surface area contributed by atoms with Crippen LogP contribution in [-0.2, 0) is 0 Å². The fraction of sp³-hybridized carbons (Fsp3) is 0. The lowest BCUT2D eigenvalue weighted by molar-refractivity contribution is 0.102. The van der Waals surface area contributed by atoms with Gasteiger partial charge in [-0.1, -0.05) is 11.6 Å². The number of halogens is 2. The van der Waals surface area contributed by atoms with Gasteiger partial charge in [-0.05, 0) is 36.4 Å². The summed E-state index contributed by atoms with van der Waals surface area (Å²) in [6.45, 7) is 0. The molecule has 2 aromatic carbocycles. The molecule has 98 valence electrons. The second kappa shape index (κ2) is 5.16. The number of nitrogen functional groups attached to an aromatic ring is 1. The van der Waals surface area contributed by atoms with Gasteiger partial charge in [0, 0.05) is 16.4 Å². The number of nitrogens with one attached hydrogen (secondary N) is 1. The van der Waals surface area contributed by atoms with Crippen molar-refractivity contribution >= 4 is 28.9 Å². The zero-order valence-corrected chi connectivity index (χ0v) is 10.4. The maximum Gasteiger partial charge on any atom is 0.257 e. The fourth-order valence-corrected chi connectivity index (χ4v) is 1.79. The number of phenolic OH excluding ortho intramolecular Hbond substituents is 1. The number of anilines is 2. The Hall–Kier alpha value is -2.27. The molecule has 6 heteroatoms. The lowest BCUT2D eigenvalue weighted by atomic mass is 10.1. The van der Waals surface area contributed by atoms with Crippen molar-refractivity contribution in [3.05, 3.63) is 52.8 Å². The minimum atomic E-state index is -0.563. The third kappa shape index (κ3) is 3.14. The minimum Gasteiger partial charge on any atom is -0.508 e. The third-order valence-corrected chi connectivity index (χ3v) is 2.62. The van der Waals surface area contributed by atoms with Crippen molar-refractivity contribution in [2.24, 2.45) is 0 Å². The standard InChI is InChI=1S/C13H10ClFN2O2/c14-7-3-8(15)5-9(4-7)17-13(19)11-6-10(18)1-2-12(11)16/h1-6,18H,16H2,(H,17,19). The van der Waals surface area contributed by atoms with Gasteiger partial charge in [-0.15, -0.1) is 0 Å². The van der Waals surface area contributed by atoms with Crippen LogP contribution in [0.3, 0.4) is 0 Å². The highest BCUT2D eigenvalue weighted by molar-refractivity contribution is 6.31. The van der Waals surface area contributed by atoms with Crippen LogP contribution in [0.15, 0.2) is 36.4 Å². The second-order valence-corrected chi connectivity index (χ2v) is 4.32. The molecule has 0 atom stereocenters. The average molecular weight is 281 g/mol. The van der Waals surface area contributed by atoms with E-state index in [1.54, 1.807) is 0 Å². The summed E-state index contributed by atoms with van der Waals surface area (Å²) in [7, 11) is 0. The van der Waals surface area contributed by atoms with E-state index in [1.807, 2.05) is 0 Å². The monoisotopic (exact) mass is 280 g/mol. The Morgan fingerprint density at radius 3 is 2.68 bits per heavy atom. The van der Waals surface area contributed by atoms with E-state index in [0.717, 1.165) is 12.1 Å². The van der Waals surface area contributed by atoms with Crippen LogP contribution in [0.4, 0.5) is 15.8 Å². The van der Waals surface area contributed by atoms with Gasteiger partial charge in [0.2, 0.25) is 0 Å². The zero-order valence-electron chi connectivity index (χ0n) is 9.65. The number of amides is 1. The van der Waals surface area contributed by atoms with Crippen LogP contribution in [0.25, 0.3) is 0 Å². The second-order valence-electron chi connectivity index (χ2n) is 3.88. The van der Waals surface area contributed by atoms with Gasteiger partial charge in [0.25, 0.3) is 5.91 Å². The summed E-state index contributed by atoms with van der Waals surface area (Å²) in [5.74, 6) is -1.21. The molecule has 1 amide bonds. The van der Waals surface area contributed by atoms with Crippen LogP contribution in [-0.4, -0.2) is 11.0 Å². The van der Waals surface area contributed by atoms with Crippen molar-refractivity contribution in [1.29, 1.82) is 0 Å². The first-order valence-corrected chi connectivity index (χ1v) is 5.69. The Balaban J connectivity index is 2.28. The zero-order chi connectivity index (χ0) is 14.0. The Labute approximate surface area is 113 Å². The van der Waals surface area contributed by atoms with Crippen molar-refractivity contribution in [2.75, 3.05) is 11.1 Å². The maximum atomic E-state index is 13.1. The molecule has 0 saturated heterocycles. The molecule has 4 N–H and O–H groups in total. The van der Waals surface area contributed by atoms with Crippen LogP contribution in [0.5, 0.6) is 5.75 Å². The molecule has 0 saturated carbocycles. The Morgan fingerprint density at radius 1 is 1.26 bits per heavy atom. The van der Waals surface area contributed by atoms with E-state index in [0.29, 0.717) is 0 Å². The van der Waals surface area contributed by atoms with Crippen LogP contribution >= 0.6 is 11.6 Å². The number of rotatable bonds is 2. The number of benzene rings is 2. The third-order valence-electron chi connectivity index (χ3n) is 2.40. The van der Waals surface area contributed by atoms with Crippen molar-refractivity contribution in [2.45, 2.75) is 0 Å². The molecule has 0 aromatic heterocycles. The SMILES string of the molecule is Nc1ccc(O)cc1C(=O)Nc1cc(F)cc(Cl)c1. The molecule has 0 fully saturated rings. The van der Waals surface area contributed by atoms with Crippen molar-refractivity contribution in [3.63, 3.8) is 0 Å². The van der Waals surface area contributed by atoms with Crippen LogP contribution < -0.4 is 11.1 Å². The van der Waals surface area contributed by atoms with Gasteiger partial charge >= 0.3 is 0 Å². The number of nitrogens with two attached hydrogens (primary N) is 1. The topological polar surface area (TPSA) is 75.3 Å². The average Bonchev–Trinajstić information content (AvgIpc) is 2.30. The molecule has 2 aromatic rings. The van der Waals surface area contributed by atoms with Gasteiger partial charge in [-0.3, -0.25) is 4.79 Å². The van der Waals surface area contributed by atoms with Crippen LogP contribution in [0, 0.1) is 5.82 Å². The van der Waals surface area contributed by atoms with Crippen molar-refractivity contribution < 1.29 is 14.3 Å². The molecule has 19 heavy (non-hydrogen) atoms. The van der Waals surface area contributed by atoms with Gasteiger partial charge in [0.1, 0.15) is 11.6 Å². The molecule has 0 aliphatic rings. The van der Waals surface area contributed by atoms with E-state index in [9.17, 15) is 14.3 Å². The number of hydrogen-bond donors (Lipinski definition) is 3. The van der Waals surface area contributed by atoms with E-state index in [4.69, 9.17) is 17.3 Å². The Morgan fingerprint density at radius 2 is 2.00 bits per heavy atom. The molecule has 0 aliphatic heterocycles. The minimum absolute atomic E-state index is 0.0865. The van der Waals surface area contributed by atoms with E-state index in [-0.39, 0.29) is 27.7 Å². The van der Waals surface area contributed by atoms with E-state index in [1.165, 1.54) is 24.3 Å². The molecular weight excluding hydrogens is 271 g/mol. The first kappa shape index (κ1) is 13.2. The van der Waals surface area contributed by atoms with Crippen molar-refractivity contribution in [3.8, 4) is 5.75 Å². The predicted molar refractivity (Wildman–Crippen MR) is 71.9 cm³/mol. The predicted octanol–water partition coefficient (Wildman–Crippen LogP) is 3.02. The highest BCUT2D eigenvalue weighted by Gasteiger charge is 2.11. The quantitative estimate of drug-likeness (QED) is 0.585. The summed E-state index contributed by atoms with van der Waals surface area (Å²) in [6.07, 6.45) is 0. The van der Waals surface area contributed by atoms with Gasteiger partial charge in [-0.2, -0.15) is 0 Å². The number of carbonyl (C=O) groups is 1. The lowest BCUT2D eigenvalue weighted by Crippen LogP contribution is -2.14. The summed E-state index contributed by atoms with van der Waals surface area (Å²) >= 11 is 5.68. The summed E-state index contributed by atoms with van der Waals surface area (Å²) < 4.78 is 13.1. The van der Waals surface area contributed by atoms with Crippen molar-refractivity contribution in [1.82, 2.24) is 0 Å².